The second-order valence-electron chi connectivity index (χ2n) is 4.02. The topological polar surface area (TPSA) is 90.2 Å². The van der Waals surface area contributed by atoms with E-state index >= 15 is 0 Å². The molecule has 0 bridgehead atoms. The molecule has 1 aromatic heterocycles. The van der Waals surface area contributed by atoms with E-state index in [1.165, 1.54) is 4.90 Å². The number of nitrogens with two attached hydrogens (primary N) is 2. The van der Waals surface area contributed by atoms with Gasteiger partial charge in [0, 0.05) is 31.4 Å². The van der Waals surface area contributed by atoms with Crippen LogP contribution >= 0.6 is 0 Å². The quantitative estimate of drug-likeness (QED) is 0.832. The van der Waals surface area contributed by atoms with Crippen molar-refractivity contribution in [3.63, 3.8) is 0 Å². The molecule has 0 aliphatic rings. The molecule has 0 unspecified atom stereocenters. The Morgan fingerprint density at radius 3 is 2.39 bits per heavy atom. The predicted molar refractivity (Wildman–Crippen MR) is 71.0 cm³/mol. The Morgan fingerprint density at radius 1 is 1.33 bits per heavy atom. The van der Waals surface area contributed by atoms with E-state index in [-0.39, 0.29) is 0 Å². The average molecular weight is 245 g/mol. The van der Waals surface area contributed by atoms with E-state index in [0.717, 1.165) is 16.9 Å². The number of carbonyl (C=O) groups excluding carboxylic acids is 1. The van der Waals surface area contributed by atoms with Gasteiger partial charge in [-0.1, -0.05) is 12.1 Å². The number of hydrogen-bond donors (Lipinski definition) is 2. The molecule has 2 aromatic rings. The molecule has 18 heavy (non-hydrogen) atoms. The number of primary amides is 1. The zero-order valence-electron chi connectivity index (χ0n) is 10.3. The Kier molecular flexibility index (Phi) is 2.93. The largest absolute Gasteiger partial charge is 0.384 e. The van der Waals surface area contributed by atoms with E-state index in [0.29, 0.717) is 5.82 Å². The summed E-state index contributed by atoms with van der Waals surface area (Å²) in [5.41, 5.74) is 13.4. The van der Waals surface area contributed by atoms with E-state index in [9.17, 15) is 4.79 Å². The number of carbonyl (C=O) groups is 1. The van der Waals surface area contributed by atoms with Gasteiger partial charge >= 0.3 is 6.03 Å². The summed E-state index contributed by atoms with van der Waals surface area (Å²) in [6.45, 7) is 0. The number of hydrogen-bond acceptors (Lipinski definition) is 3. The zero-order valence-corrected chi connectivity index (χ0v) is 10.3. The maximum absolute atomic E-state index is 11.0. The maximum atomic E-state index is 11.0. The second kappa shape index (κ2) is 4.40. The number of nitrogen functional groups attached to an aromatic ring is 1. The number of nitrogens with zero attached hydrogens (tertiary/aromatic N) is 3. The maximum Gasteiger partial charge on any atom is 0.318 e. The van der Waals surface area contributed by atoms with Crippen molar-refractivity contribution < 1.29 is 4.79 Å². The predicted octanol–water partition coefficient (Wildman–Crippen LogP) is 1.18. The van der Waals surface area contributed by atoms with Crippen molar-refractivity contribution in [1.82, 2.24) is 9.78 Å². The van der Waals surface area contributed by atoms with Gasteiger partial charge in [0.15, 0.2) is 0 Å². The lowest BCUT2D eigenvalue weighted by Crippen LogP contribution is -2.31. The van der Waals surface area contributed by atoms with Crippen molar-refractivity contribution in [2.24, 2.45) is 12.8 Å². The fraction of sp³-hybridized carbons (Fsp3) is 0.167. The van der Waals surface area contributed by atoms with Gasteiger partial charge in [0.2, 0.25) is 0 Å². The summed E-state index contributed by atoms with van der Waals surface area (Å²) >= 11 is 0. The summed E-state index contributed by atoms with van der Waals surface area (Å²) in [5, 5.41) is 4.28. The minimum absolute atomic E-state index is 0.496. The fourth-order valence-corrected chi connectivity index (χ4v) is 1.61. The van der Waals surface area contributed by atoms with Crippen molar-refractivity contribution in [3.8, 4) is 11.3 Å². The van der Waals surface area contributed by atoms with Crippen LogP contribution in [0.2, 0.25) is 0 Å². The number of benzene rings is 1. The van der Waals surface area contributed by atoms with E-state index in [4.69, 9.17) is 11.5 Å². The molecule has 2 amide bonds. The standard InChI is InChI=1S/C12H15N5O/c1-16(12(14)18)9-5-3-8(4-6-9)10-7-11(13)17(2)15-10/h3-7H,13H2,1-2H3,(H2,14,18). The number of aromatic nitrogens is 2. The minimum atomic E-state index is -0.496. The van der Waals surface area contributed by atoms with E-state index in [1.54, 1.807) is 24.8 Å². The van der Waals surface area contributed by atoms with Gasteiger partial charge < -0.3 is 11.5 Å². The summed E-state index contributed by atoms with van der Waals surface area (Å²) in [6.07, 6.45) is 0. The second-order valence-corrected chi connectivity index (χ2v) is 4.02. The van der Waals surface area contributed by atoms with E-state index in [1.807, 2.05) is 24.3 Å². The van der Waals surface area contributed by atoms with Crippen LogP contribution in [0.15, 0.2) is 30.3 Å². The smallest absolute Gasteiger partial charge is 0.318 e. The van der Waals surface area contributed by atoms with Gasteiger partial charge in [-0.25, -0.2) is 4.79 Å². The van der Waals surface area contributed by atoms with Crippen molar-refractivity contribution in [2.75, 3.05) is 17.7 Å². The Bertz CT molecular complexity index is 553. The number of aryl methyl sites for hydroxylation is 1. The molecular weight excluding hydrogens is 230 g/mol. The third-order valence-corrected chi connectivity index (χ3v) is 2.80. The van der Waals surface area contributed by atoms with Crippen molar-refractivity contribution in [2.45, 2.75) is 0 Å². The highest BCUT2D eigenvalue weighted by Gasteiger charge is 2.08. The average Bonchev–Trinajstić information content (AvgIpc) is 2.69. The minimum Gasteiger partial charge on any atom is -0.384 e. The van der Waals surface area contributed by atoms with Crippen molar-refractivity contribution in [3.05, 3.63) is 30.3 Å². The zero-order chi connectivity index (χ0) is 13.3. The molecular formula is C12H15N5O. The van der Waals surface area contributed by atoms with Crippen molar-refractivity contribution >= 4 is 17.5 Å². The summed E-state index contributed by atoms with van der Waals surface area (Å²) in [6, 6.07) is 8.67. The van der Waals surface area contributed by atoms with Crippen LogP contribution in [0, 0.1) is 0 Å². The highest BCUT2D eigenvalue weighted by molar-refractivity contribution is 5.90. The highest BCUT2D eigenvalue weighted by Crippen LogP contribution is 2.22. The Morgan fingerprint density at radius 2 is 1.94 bits per heavy atom. The first kappa shape index (κ1) is 12.0. The number of amides is 2. The SMILES string of the molecule is CN(C(N)=O)c1ccc(-c2cc(N)n(C)n2)cc1. The molecule has 0 fully saturated rings. The van der Waals surface area contributed by atoms with Gasteiger partial charge in [-0.3, -0.25) is 9.58 Å². The van der Waals surface area contributed by atoms with Gasteiger partial charge in [-0.05, 0) is 12.1 Å². The molecule has 0 radical (unpaired) electrons. The van der Waals surface area contributed by atoms with Crippen LogP contribution in [0.5, 0.6) is 0 Å². The number of rotatable bonds is 2. The Balaban J connectivity index is 2.30. The molecule has 0 saturated heterocycles. The molecule has 1 heterocycles. The monoisotopic (exact) mass is 245 g/mol. The van der Waals surface area contributed by atoms with Crippen LogP contribution in [-0.4, -0.2) is 22.9 Å². The molecule has 0 aliphatic heterocycles. The molecule has 0 aliphatic carbocycles. The van der Waals surface area contributed by atoms with E-state index in [2.05, 4.69) is 5.10 Å². The Hall–Kier alpha value is -2.50. The van der Waals surface area contributed by atoms with Crippen LogP contribution < -0.4 is 16.4 Å². The lowest BCUT2D eigenvalue weighted by molar-refractivity contribution is 0.255. The van der Waals surface area contributed by atoms with Gasteiger partial charge in [0.05, 0.1) is 5.69 Å². The summed E-state index contributed by atoms with van der Waals surface area (Å²) in [5.74, 6) is 0.600. The van der Waals surface area contributed by atoms with Crippen LogP contribution in [0.4, 0.5) is 16.3 Å². The van der Waals surface area contributed by atoms with Gasteiger partial charge in [0.25, 0.3) is 0 Å². The number of urea groups is 1. The molecule has 1 aromatic carbocycles. The fourth-order valence-electron chi connectivity index (χ4n) is 1.61. The molecule has 4 N–H and O–H groups in total. The first-order chi connectivity index (χ1) is 8.49. The molecule has 6 heteroatoms. The van der Waals surface area contributed by atoms with Gasteiger partial charge in [-0.15, -0.1) is 0 Å². The molecule has 94 valence electrons. The molecule has 0 saturated carbocycles. The Labute approximate surface area is 105 Å². The third kappa shape index (κ3) is 2.13. The molecule has 2 rings (SSSR count). The van der Waals surface area contributed by atoms with Crippen LogP contribution in [0.3, 0.4) is 0 Å². The van der Waals surface area contributed by atoms with Crippen molar-refractivity contribution in [1.29, 1.82) is 0 Å². The first-order valence-electron chi connectivity index (χ1n) is 5.42. The number of anilines is 2. The van der Waals surface area contributed by atoms with Crippen LogP contribution in [-0.2, 0) is 7.05 Å². The van der Waals surface area contributed by atoms with Gasteiger partial charge in [-0.2, -0.15) is 5.10 Å². The lowest BCUT2D eigenvalue weighted by Gasteiger charge is -2.14. The summed E-state index contributed by atoms with van der Waals surface area (Å²) in [4.78, 5) is 12.4. The lowest BCUT2D eigenvalue weighted by atomic mass is 10.1. The summed E-state index contributed by atoms with van der Waals surface area (Å²) < 4.78 is 1.61. The normalized spacial score (nSPS) is 10.3. The first-order valence-corrected chi connectivity index (χ1v) is 5.42. The van der Waals surface area contributed by atoms with Crippen LogP contribution in [0.25, 0.3) is 11.3 Å². The summed E-state index contributed by atoms with van der Waals surface area (Å²) in [7, 11) is 3.41. The highest BCUT2D eigenvalue weighted by atomic mass is 16.2. The molecule has 0 spiro atoms. The van der Waals surface area contributed by atoms with E-state index < -0.39 is 6.03 Å². The van der Waals surface area contributed by atoms with Crippen LogP contribution in [0.1, 0.15) is 0 Å². The van der Waals surface area contributed by atoms with Gasteiger partial charge in [0.1, 0.15) is 5.82 Å². The molecule has 6 nitrogen and oxygen atoms in total. The molecule has 0 atom stereocenters. The third-order valence-electron chi connectivity index (χ3n) is 2.80.